The quantitative estimate of drug-likeness (QED) is 0.811. The van der Waals surface area contributed by atoms with Gasteiger partial charge in [-0.3, -0.25) is 0 Å². The Labute approximate surface area is 139 Å². The minimum Gasteiger partial charge on any atom is -0.389 e. The number of aliphatic hydroxyl groups is 1. The maximum absolute atomic E-state index is 10.3. The Morgan fingerprint density at radius 3 is 2.57 bits per heavy atom. The van der Waals surface area contributed by atoms with E-state index >= 15 is 0 Å². The fourth-order valence-corrected chi connectivity index (χ4v) is 3.77. The number of rotatable bonds is 7. The number of aliphatic hydroxyl groups excluding tert-OH is 1. The molecule has 128 valence electrons. The van der Waals surface area contributed by atoms with E-state index < -0.39 is 6.10 Å². The predicted octanol–water partition coefficient (Wildman–Crippen LogP) is 2.60. The zero-order valence-corrected chi connectivity index (χ0v) is 13.9. The van der Waals surface area contributed by atoms with Crippen molar-refractivity contribution in [3.63, 3.8) is 0 Å². The molecular formula is C19H29NO3. The second-order valence-corrected chi connectivity index (χ2v) is 6.84. The first kappa shape index (κ1) is 16.9. The summed E-state index contributed by atoms with van der Waals surface area (Å²) in [6, 6.07) is 10.7. The van der Waals surface area contributed by atoms with Crippen LogP contribution >= 0.6 is 0 Å². The molecule has 1 saturated carbocycles. The minimum absolute atomic E-state index is 0.0287. The monoisotopic (exact) mass is 319 g/mol. The van der Waals surface area contributed by atoms with E-state index in [2.05, 4.69) is 35.6 Å². The van der Waals surface area contributed by atoms with Crippen LogP contribution in [0.2, 0.25) is 0 Å². The van der Waals surface area contributed by atoms with Crippen molar-refractivity contribution in [2.75, 3.05) is 26.4 Å². The fraction of sp³-hybridized carbons (Fsp3) is 0.684. The standard InChI is InChI=1S/C19H29NO3/c21-17(15-23-18-8-12-22-13-9-18)14-20-19(10-4-5-11-19)16-6-2-1-3-7-16/h1-3,6-7,17-18,20-21H,4-5,8-15H2. The summed E-state index contributed by atoms with van der Waals surface area (Å²) in [6.45, 7) is 2.53. The Kier molecular flexibility index (Phi) is 6.06. The smallest absolute Gasteiger partial charge is 0.0898 e. The fourth-order valence-electron chi connectivity index (χ4n) is 3.77. The maximum Gasteiger partial charge on any atom is 0.0898 e. The molecular weight excluding hydrogens is 290 g/mol. The number of nitrogens with one attached hydrogen (secondary N) is 1. The lowest BCUT2D eigenvalue weighted by Gasteiger charge is -2.32. The van der Waals surface area contributed by atoms with Crippen LogP contribution in [0.25, 0.3) is 0 Å². The van der Waals surface area contributed by atoms with Crippen molar-refractivity contribution in [3.8, 4) is 0 Å². The summed E-state index contributed by atoms with van der Waals surface area (Å²) in [7, 11) is 0. The first-order valence-electron chi connectivity index (χ1n) is 8.96. The van der Waals surface area contributed by atoms with Crippen molar-refractivity contribution < 1.29 is 14.6 Å². The van der Waals surface area contributed by atoms with Gasteiger partial charge >= 0.3 is 0 Å². The summed E-state index contributed by atoms with van der Waals surface area (Å²) in [6.07, 6.45) is 6.44. The summed E-state index contributed by atoms with van der Waals surface area (Å²) in [5, 5.41) is 13.9. The molecule has 23 heavy (non-hydrogen) atoms. The van der Waals surface area contributed by atoms with Gasteiger partial charge in [0.25, 0.3) is 0 Å². The molecule has 3 rings (SSSR count). The molecule has 2 N–H and O–H groups in total. The van der Waals surface area contributed by atoms with Crippen LogP contribution < -0.4 is 5.32 Å². The summed E-state index contributed by atoms with van der Waals surface area (Å²) < 4.78 is 11.2. The summed E-state index contributed by atoms with van der Waals surface area (Å²) in [4.78, 5) is 0. The third-order valence-corrected chi connectivity index (χ3v) is 5.15. The van der Waals surface area contributed by atoms with Gasteiger partial charge in [-0.15, -0.1) is 0 Å². The Morgan fingerprint density at radius 2 is 1.87 bits per heavy atom. The van der Waals surface area contributed by atoms with Crippen molar-refractivity contribution in [2.24, 2.45) is 0 Å². The summed E-state index contributed by atoms with van der Waals surface area (Å²) >= 11 is 0. The third kappa shape index (κ3) is 4.54. The number of hydrogen-bond acceptors (Lipinski definition) is 4. The molecule has 1 unspecified atom stereocenters. The molecule has 0 bridgehead atoms. The zero-order chi connectivity index (χ0) is 16.0. The van der Waals surface area contributed by atoms with E-state index in [0.717, 1.165) is 38.9 Å². The molecule has 1 aliphatic heterocycles. The molecule has 4 heteroatoms. The number of benzene rings is 1. The second-order valence-electron chi connectivity index (χ2n) is 6.84. The van der Waals surface area contributed by atoms with E-state index in [1.165, 1.54) is 18.4 Å². The Hall–Kier alpha value is -0.940. The van der Waals surface area contributed by atoms with Gasteiger partial charge in [0, 0.05) is 25.3 Å². The largest absolute Gasteiger partial charge is 0.389 e. The van der Waals surface area contributed by atoms with Crippen LogP contribution in [0.4, 0.5) is 0 Å². The highest BCUT2D eigenvalue weighted by Gasteiger charge is 2.35. The minimum atomic E-state index is -0.459. The Balaban J connectivity index is 1.49. The average molecular weight is 319 g/mol. The molecule has 0 amide bonds. The predicted molar refractivity (Wildman–Crippen MR) is 90.4 cm³/mol. The molecule has 1 saturated heterocycles. The van der Waals surface area contributed by atoms with E-state index in [-0.39, 0.29) is 11.6 Å². The average Bonchev–Trinajstić information content (AvgIpc) is 3.10. The van der Waals surface area contributed by atoms with Crippen LogP contribution in [0.5, 0.6) is 0 Å². The van der Waals surface area contributed by atoms with Gasteiger partial charge in [0.2, 0.25) is 0 Å². The van der Waals surface area contributed by atoms with Gasteiger partial charge in [-0.25, -0.2) is 0 Å². The molecule has 0 spiro atoms. The summed E-state index contributed by atoms with van der Waals surface area (Å²) in [5.41, 5.74) is 1.37. The second kappa shape index (κ2) is 8.25. The zero-order valence-electron chi connectivity index (χ0n) is 13.9. The van der Waals surface area contributed by atoms with Gasteiger partial charge in [0.05, 0.1) is 18.8 Å². The molecule has 2 fully saturated rings. The van der Waals surface area contributed by atoms with E-state index in [0.29, 0.717) is 13.2 Å². The van der Waals surface area contributed by atoms with Crippen molar-refractivity contribution in [2.45, 2.75) is 56.3 Å². The van der Waals surface area contributed by atoms with Crippen molar-refractivity contribution in [3.05, 3.63) is 35.9 Å². The van der Waals surface area contributed by atoms with Crippen LogP contribution in [0, 0.1) is 0 Å². The lowest BCUT2D eigenvalue weighted by molar-refractivity contribution is -0.0595. The van der Waals surface area contributed by atoms with Crippen LogP contribution in [0.1, 0.15) is 44.1 Å². The van der Waals surface area contributed by atoms with Crippen molar-refractivity contribution in [1.29, 1.82) is 0 Å². The van der Waals surface area contributed by atoms with Gasteiger partial charge in [-0.2, -0.15) is 0 Å². The molecule has 4 nitrogen and oxygen atoms in total. The van der Waals surface area contributed by atoms with Gasteiger partial charge in [-0.1, -0.05) is 43.2 Å². The number of hydrogen-bond donors (Lipinski definition) is 2. The van der Waals surface area contributed by atoms with Gasteiger partial charge in [0.1, 0.15) is 0 Å². The van der Waals surface area contributed by atoms with Crippen molar-refractivity contribution in [1.82, 2.24) is 5.32 Å². The normalized spacial score (nSPS) is 23.0. The van der Waals surface area contributed by atoms with Crippen LogP contribution in [-0.2, 0) is 15.0 Å². The Bertz CT molecular complexity index is 453. The lowest BCUT2D eigenvalue weighted by Crippen LogP contribution is -2.45. The Morgan fingerprint density at radius 1 is 1.17 bits per heavy atom. The van der Waals surface area contributed by atoms with Crippen LogP contribution in [0.15, 0.2) is 30.3 Å². The van der Waals surface area contributed by atoms with Crippen molar-refractivity contribution >= 4 is 0 Å². The van der Waals surface area contributed by atoms with Gasteiger partial charge in [-0.05, 0) is 31.2 Å². The number of ether oxygens (including phenoxy) is 2. The highest BCUT2D eigenvalue weighted by atomic mass is 16.5. The van der Waals surface area contributed by atoms with Crippen LogP contribution in [0.3, 0.4) is 0 Å². The van der Waals surface area contributed by atoms with E-state index in [1.807, 2.05) is 0 Å². The van der Waals surface area contributed by atoms with E-state index in [4.69, 9.17) is 9.47 Å². The summed E-state index contributed by atoms with van der Waals surface area (Å²) in [5.74, 6) is 0. The van der Waals surface area contributed by atoms with Crippen LogP contribution in [-0.4, -0.2) is 43.7 Å². The highest BCUT2D eigenvalue weighted by Crippen LogP contribution is 2.38. The SMILES string of the molecule is OC(CNC1(c2ccccc2)CCCC1)COC1CCOCC1. The van der Waals surface area contributed by atoms with E-state index in [9.17, 15) is 5.11 Å². The molecule has 0 radical (unpaired) electrons. The molecule has 1 atom stereocenters. The third-order valence-electron chi connectivity index (χ3n) is 5.15. The molecule has 0 aromatic heterocycles. The molecule has 1 heterocycles. The lowest BCUT2D eigenvalue weighted by atomic mass is 9.88. The molecule has 1 aliphatic carbocycles. The van der Waals surface area contributed by atoms with Gasteiger partial charge < -0.3 is 19.9 Å². The first-order chi connectivity index (χ1) is 11.3. The van der Waals surface area contributed by atoms with E-state index in [1.54, 1.807) is 0 Å². The highest BCUT2D eigenvalue weighted by molar-refractivity contribution is 5.25. The van der Waals surface area contributed by atoms with Gasteiger partial charge in [0.15, 0.2) is 0 Å². The topological polar surface area (TPSA) is 50.7 Å². The molecule has 2 aliphatic rings. The first-order valence-corrected chi connectivity index (χ1v) is 8.96. The molecule has 1 aromatic carbocycles. The maximum atomic E-state index is 10.3. The molecule has 1 aromatic rings.